The van der Waals surface area contributed by atoms with Crippen molar-refractivity contribution in [3.8, 4) is 0 Å². The van der Waals surface area contributed by atoms with Crippen molar-refractivity contribution in [3.05, 3.63) is 0 Å². The average Bonchev–Trinajstić information content (AvgIpc) is 2.84. The zero-order chi connectivity index (χ0) is 11.4. The van der Waals surface area contributed by atoms with Gasteiger partial charge in [-0.15, -0.1) is 0 Å². The Bertz CT molecular complexity index is 202. The molecule has 0 aromatic rings. The van der Waals surface area contributed by atoms with Crippen LogP contribution in [0.3, 0.4) is 0 Å². The Morgan fingerprint density at radius 3 is 2.69 bits per heavy atom. The second-order valence-corrected chi connectivity index (χ2v) is 5.20. The summed E-state index contributed by atoms with van der Waals surface area (Å²) in [5.41, 5.74) is 5.93. The van der Waals surface area contributed by atoms with E-state index in [4.69, 9.17) is 10.5 Å². The molecule has 1 aliphatic heterocycles. The first-order valence-electron chi connectivity index (χ1n) is 6.90. The Balaban J connectivity index is 1.99. The highest BCUT2D eigenvalue weighted by Gasteiger charge is 2.33. The molecule has 1 saturated heterocycles. The van der Waals surface area contributed by atoms with E-state index in [-0.39, 0.29) is 0 Å². The summed E-state index contributed by atoms with van der Waals surface area (Å²) in [5.74, 6) is 0.717. The molecule has 3 atom stereocenters. The largest absolute Gasteiger partial charge is 0.380 e. The van der Waals surface area contributed by atoms with Gasteiger partial charge < -0.3 is 10.5 Å². The fourth-order valence-electron chi connectivity index (χ4n) is 3.45. The number of nitrogens with zero attached hydrogens (tertiary/aromatic N) is 1. The van der Waals surface area contributed by atoms with Crippen LogP contribution < -0.4 is 5.73 Å². The van der Waals surface area contributed by atoms with Gasteiger partial charge in [-0.2, -0.15) is 0 Å². The van der Waals surface area contributed by atoms with Gasteiger partial charge in [0.05, 0.1) is 6.61 Å². The number of ether oxygens (including phenoxy) is 1. The minimum absolute atomic E-state index is 0.655. The monoisotopic (exact) mass is 226 g/mol. The molecule has 0 spiro atoms. The van der Waals surface area contributed by atoms with Gasteiger partial charge in [-0.05, 0) is 38.3 Å². The summed E-state index contributed by atoms with van der Waals surface area (Å²) in [6, 6.07) is 1.37. The van der Waals surface area contributed by atoms with Crippen LogP contribution in [0.2, 0.25) is 0 Å². The second-order valence-electron chi connectivity index (χ2n) is 5.20. The van der Waals surface area contributed by atoms with Crippen molar-refractivity contribution in [2.24, 2.45) is 11.7 Å². The zero-order valence-corrected chi connectivity index (χ0v) is 10.5. The average molecular weight is 226 g/mol. The molecular formula is C13H26N2O. The van der Waals surface area contributed by atoms with Gasteiger partial charge in [0.25, 0.3) is 0 Å². The van der Waals surface area contributed by atoms with Crippen molar-refractivity contribution in [2.45, 2.75) is 51.1 Å². The van der Waals surface area contributed by atoms with Crippen LogP contribution in [0, 0.1) is 5.92 Å². The molecule has 1 heterocycles. The molecule has 2 fully saturated rings. The molecule has 3 heteroatoms. The summed E-state index contributed by atoms with van der Waals surface area (Å²) in [4.78, 5) is 2.67. The highest BCUT2D eigenvalue weighted by atomic mass is 16.5. The lowest BCUT2D eigenvalue weighted by molar-refractivity contribution is 0.0615. The molecule has 0 aromatic carbocycles. The fourth-order valence-corrected chi connectivity index (χ4v) is 3.45. The van der Waals surface area contributed by atoms with Crippen molar-refractivity contribution in [3.63, 3.8) is 0 Å². The molecule has 2 N–H and O–H groups in total. The highest BCUT2D eigenvalue weighted by molar-refractivity contribution is 4.88. The Morgan fingerprint density at radius 2 is 2.06 bits per heavy atom. The summed E-state index contributed by atoms with van der Waals surface area (Å²) < 4.78 is 5.53. The SMILES string of the molecule is CCN(C1CCOC1)C1CCCCC1CN. The molecule has 0 bridgehead atoms. The van der Waals surface area contributed by atoms with Gasteiger partial charge in [-0.3, -0.25) is 4.90 Å². The van der Waals surface area contributed by atoms with Gasteiger partial charge in [0.2, 0.25) is 0 Å². The predicted molar refractivity (Wildman–Crippen MR) is 66.4 cm³/mol. The van der Waals surface area contributed by atoms with Crippen molar-refractivity contribution in [1.29, 1.82) is 0 Å². The summed E-state index contributed by atoms with van der Waals surface area (Å²) in [6.45, 7) is 6.16. The minimum atomic E-state index is 0.655. The Morgan fingerprint density at radius 1 is 1.25 bits per heavy atom. The van der Waals surface area contributed by atoms with Crippen LogP contribution >= 0.6 is 0 Å². The van der Waals surface area contributed by atoms with E-state index >= 15 is 0 Å². The molecule has 0 amide bonds. The Kier molecular flexibility index (Phi) is 4.62. The lowest BCUT2D eigenvalue weighted by atomic mass is 9.83. The van der Waals surface area contributed by atoms with E-state index in [2.05, 4.69) is 11.8 Å². The summed E-state index contributed by atoms with van der Waals surface area (Å²) in [5, 5.41) is 0. The third-order valence-electron chi connectivity index (χ3n) is 4.34. The molecular weight excluding hydrogens is 200 g/mol. The molecule has 94 valence electrons. The maximum atomic E-state index is 5.93. The molecule has 16 heavy (non-hydrogen) atoms. The van der Waals surface area contributed by atoms with Crippen molar-refractivity contribution in [1.82, 2.24) is 4.90 Å². The summed E-state index contributed by atoms with van der Waals surface area (Å²) >= 11 is 0. The maximum absolute atomic E-state index is 5.93. The molecule has 3 nitrogen and oxygen atoms in total. The van der Waals surface area contributed by atoms with Gasteiger partial charge in [-0.1, -0.05) is 19.8 Å². The molecule has 1 aliphatic carbocycles. The van der Waals surface area contributed by atoms with Gasteiger partial charge in [0.15, 0.2) is 0 Å². The first-order chi connectivity index (χ1) is 7.86. The van der Waals surface area contributed by atoms with Gasteiger partial charge >= 0.3 is 0 Å². The first-order valence-corrected chi connectivity index (χ1v) is 6.90. The van der Waals surface area contributed by atoms with Crippen molar-refractivity contribution < 1.29 is 4.74 Å². The number of likely N-dealkylation sites (N-methyl/N-ethyl adjacent to an activating group) is 1. The van der Waals surface area contributed by atoms with Crippen LogP contribution in [-0.4, -0.2) is 43.3 Å². The molecule has 2 rings (SSSR count). The van der Waals surface area contributed by atoms with E-state index in [0.29, 0.717) is 12.0 Å². The third kappa shape index (κ3) is 2.58. The van der Waals surface area contributed by atoms with Crippen LogP contribution in [-0.2, 0) is 4.74 Å². The lowest BCUT2D eigenvalue weighted by Gasteiger charge is -2.42. The smallest absolute Gasteiger partial charge is 0.0622 e. The van der Waals surface area contributed by atoms with Gasteiger partial charge in [0, 0.05) is 18.7 Å². The van der Waals surface area contributed by atoms with E-state index < -0.39 is 0 Å². The van der Waals surface area contributed by atoms with Crippen LogP contribution in [0.5, 0.6) is 0 Å². The molecule has 3 unspecified atom stereocenters. The number of hydrogen-bond donors (Lipinski definition) is 1. The second kappa shape index (κ2) is 5.99. The first kappa shape index (κ1) is 12.3. The van der Waals surface area contributed by atoms with Crippen molar-refractivity contribution >= 4 is 0 Å². The van der Waals surface area contributed by atoms with E-state index in [1.165, 1.54) is 32.1 Å². The Hall–Kier alpha value is -0.120. The number of hydrogen-bond acceptors (Lipinski definition) is 3. The molecule has 2 aliphatic rings. The third-order valence-corrected chi connectivity index (χ3v) is 4.34. The van der Waals surface area contributed by atoms with Crippen LogP contribution in [0.25, 0.3) is 0 Å². The fraction of sp³-hybridized carbons (Fsp3) is 1.00. The minimum Gasteiger partial charge on any atom is -0.380 e. The number of rotatable bonds is 4. The van der Waals surface area contributed by atoms with Crippen molar-refractivity contribution in [2.75, 3.05) is 26.3 Å². The topological polar surface area (TPSA) is 38.5 Å². The van der Waals surface area contributed by atoms with Gasteiger partial charge in [0.1, 0.15) is 0 Å². The molecule has 0 radical (unpaired) electrons. The summed E-state index contributed by atoms with van der Waals surface area (Å²) in [6.07, 6.45) is 6.63. The van der Waals surface area contributed by atoms with Crippen LogP contribution in [0.15, 0.2) is 0 Å². The maximum Gasteiger partial charge on any atom is 0.0622 e. The van der Waals surface area contributed by atoms with E-state index in [9.17, 15) is 0 Å². The lowest BCUT2D eigenvalue weighted by Crippen LogP contribution is -2.50. The molecule has 0 aromatic heterocycles. The van der Waals surface area contributed by atoms with E-state index in [1.807, 2.05) is 0 Å². The number of nitrogens with two attached hydrogens (primary N) is 1. The quantitative estimate of drug-likeness (QED) is 0.791. The predicted octanol–water partition coefficient (Wildman–Crippen LogP) is 1.61. The highest BCUT2D eigenvalue weighted by Crippen LogP contribution is 2.30. The van der Waals surface area contributed by atoms with Crippen LogP contribution in [0.4, 0.5) is 0 Å². The standard InChI is InChI=1S/C13H26N2O/c1-2-15(12-7-8-16-10-12)13-6-4-3-5-11(13)9-14/h11-13H,2-10,14H2,1H3. The summed E-state index contributed by atoms with van der Waals surface area (Å²) in [7, 11) is 0. The molecule has 1 saturated carbocycles. The Labute approximate surface area is 99.3 Å². The van der Waals surface area contributed by atoms with E-state index in [1.54, 1.807) is 0 Å². The van der Waals surface area contributed by atoms with Gasteiger partial charge in [-0.25, -0.2) is 0 Å². The van der Waals surface area contributed by atoms with Crippen LogP contribution in [0.1, 0.15) is 39.0 Å². The van der Waals surface area contributed by atoms with E-state index in [0.717, 1.165) is 32.3 Å². The zero-order valence-electron chi connectivity index (χ0n) is 10.5. The normalized spacial score (nSPS) is 35.8.